The third kappa shape index (κ3) is 5.43. The molecule has 0 bridgehead atoms. The van der Waals surface area contributed by atoms with Crippen LogP contribution in [0.15, 0.2) is 46.9 Å². The first-order valence-corrected chi connectivity index (χ1v) is 11.3. The second kappa shape index (κ2) is 10.2. The Morgan fingerprint density at radius 3 is 2.53 bits per heavy atom. The van der Waals surface area contributed by atoms with Crippen molar-refractivity contribution in [3.8, 4) is 11.5 Å². The normalized spacial score (nSPS) is 16.4. The first-order chi connectivity index (χ1) is 16.2. The van der Waals surface area contributed by atoms with Gasteiger partial charge in [0, 0.05) is 17.0 Å². The molecule has 3 aromatic rings. The lowest BCUT2D eigenvalue weighted by molar-refractivity contribution is -0.145. The molecule has 0 radical (unpaired) electrons. The van der Waals surface area contributed by atoms with E-state index >= 15 is 0 Å². The monoisotopic (exact) mass is 494 g/mol. The quantitative estimate of drug-likeness (QED) is 0.531. The van der Waals surface area contributed by atoms with E-state index in [1.165, 1.54) is 37.7 Å². The fraction of sp³-hybridized carbons (Fsp3) is 0.375. The number of hydrogen-bond donors (Lipinski definition) is 2. The number of ether oxygens (including phenoxy) is 2. The Hall–Kier alpha value is -2.88. The van der Waals surface area contributed by atoms with Gasteiger partial charge in [-0.25, -0.2) is 0 Å². The SMILES string of the molecule is NC(=O)C(F)(F)c1cc2cc(Cl)ccc2o1.OC(CCN1CCC1)c1ccc2c(c1)OCCO2. The van der Waals surface area contributed by atoms with Gasteiger partial charge in [-0.2, -0.15) is 8.78 Å². The summed E-state index contributed by atoms with van der Waals surface area (Å²) in [5.41, 5.74) is 5.72. The number of furan rings is 1. The van der Waals surface area contributed by atoms with Crippen LogP contribution in [0, 0.1) is 0 Å². The number of carbonyl (C=O) groups is 1. The lowest BCUT2D eigenvalue weighted by Gasteiger charge is -2.31. The second-order valence-corrected chi connectivity index (χ2v) is 8.57. The van der Waals surface area contributed by atoms with Crippen LogP contribution in [0.3, 0.4) is 0 Å². The minimum absolute atomic E-state index is 0.223. The molecule has 1 amide bonds. The van der Waals surface area contributed by atoms with E-state index in [1.807, 2.05) is 18.2 Å². The number of hydrogen-bond acceptors (Lipinski definition) is 6. The number of primary amides is 1. The molecule has 1 unspecified atom stereocenters. The van der Waals surface area contributed by atoms with E-state index in [2.05, 4.69) is 10.6 Å². The van der Waals surface area contributed by atoms with Gasteiger partial charge in [-0.15, -0.1) is 0 Å². The van der Waals surface area contributed by atoms with Crippen molar-refractivity contribution < 1.29 is 32.6 Å². The second-order valence-electron chi connectivity index (χ2n) is 8.13. The van der Waals surface area contributed by atoms with E-state index in [0.29, 0.717) is 23.6 Å². The molecule has 0 aliphatic carbocycles. The van der Waals surface area contributed by atoms with Crippen molar-refractivity contribution in [3.63, 3.8) is 0 Å². The van der Waals surface area contributed by atoms with Gasteiger partial charge in [-0.05, 0) is 67.9 Å². The van der Waals surface area contributed by atoms with Crippen molar-refractivity contribution >= 4 is 28.5 Å². The average molecular weight is 495 g/mol. The molecule has 1 fully saturated rings. The molecule has 3 heterocycles. The predicted molar refractivity (Wildman–Crippen MR) is 122 cm³/mol. The number of nitrogens with zero attached hydrogens (tertiary/aromatic N) is 1. The van der Waals surface area contributed by atoms with Crippen molar-refractivity contribution in [2.45, 2.75) is 24.9 Å². The molecule has 0 saturated carbocycles. The van der Waals surface area contributed by atoms with Gasteiger partial charge in [0.25, 0.3) is 5.91 Å². The molecule has 2 aliphatic heterocycles. The molecule has 3 N–H and O–H groups in total. The summed E-state index contributed by atoms with van der Waals surface area (Å²) < 4.78 is 42.3. The van der Waals surface area contributed by atoms with Crippen molar-refractivity contribution in [1.29, 1.82) is 0 Å². The third-order valence-corrected chi connectivity index (χ3v) is 5.95. The predicted octanol–water partition coefficient (Wildman–Crippen LogP) is 4.25. The van der Waals surface area contributed by atoms with Crippen molar-refractivity contribution in [1.82, 2.24) is 4.90 Å². The van der Waals surface area contributed by atoms with Crippen LogP contribution < -0.4 is 15.2 Å². The summed E-state index contributed by atoms with van der Waals surface area (Å²) in [6.45, 7) is 4.50. The summed E-state index contributed by atoms with van der Waals surface area (Å²) >= 11 is 5.68. The lowest BCUT2D eigenvalue weighted by Crippen LogP contribution is -2.38. The van der Waals surface area contributed by atoms with Gasteiger partial charge in [0.05, 0.1) is 6.10 Å². The van der Waals surface area contributed by atoms with Crippen molar-refractivity contribution in [2.24, 2.45) is 5.73 Å². The zero-order valence-corrected chi connectivity index (χ0v) is 19.1. The van der Waals surface area contributed by atoms with E-state index < -0.39 is 23.7 Å². The highest BCUT2D eigenvalue weighted by Crippen LogP contribution is 2.34. The van der Waals surface area contributed by atoms with Crippen LogP contribution in [0.25, 0.3) is 11.0 Å². The van der Waals surface area contributed by atoms with Gasteiger partial charge in [0.15, 0.2) is 17.3 Å². The molecule has 2 aromatic carbocycles. The Labute approximate surface area is 200 Å². The Morgan fingerprint density at radius 2 is 1.85 bits per heavy atom. The Kier molecular flexibility index (Phi) is 7.25. The zero-order valence-electron chi connectivity index (χ0n) is 18.3. The molecule has 1 saturated heterocycles. The number of aliphatic hydroxyl groups is 1. The van der Waals surface area contributed by atoms with Gasteiger partial charge in [0.1, 0.15) is 18.8 Å². The van der Waals surface area contributed by atoms with Gasteiger partial charge >= 0.3 is 5.92 Å². The summed E-state index contributed by atoms with van der Waals surface area (Å²) in [7, 11) is 0. The molecule has 1 atom stereocenters. The molecular weight excluding hydrogens is 470 g/mol. The fourth-order valence-corrected chi connectivity index (χ4v) is 3.81. The fourth-order valence-electron chi connectivity index (χ4n) is 3.63. The zero-order chi connectivity index (χ0) is 24.3. The minimum atomic E-state index is -3.81. The van der Waals surface area contributed by atoms with Gasteiger partial charge in [0.2, 0.25) is 0 Å². The number of nitrogens with two attached hydrogens (primary N) is 1. The van der Waals surface area contributed by atoms with Crippen LogP contribution >= 0.6 is 11.6 Å². The van der Waals surface area contributed by atoms with Gasteiger partial charge < -0.3 is 29.6 Å². The van der Waals surface area contributed by atoms with Gasteiger partial charge in [-0.3, -0.25) is 4.79 Å². The smallest absolute Gasteiger partial charge is 0.380 e. The molecule has 7 nitrogen and oxygen atoms in total. The molecule has 2 aliphatic rings. The molecular formula is C24H25ClF2N2O5. The first kappa shape index (κ1) is 24.3. The highest BCUT2D eigenvalue weighted by atomic mass is 35.5. The number of fused-ring (bicyclic) bond motifs is 2. The van der Waals surface area contributed by atoms with E-state index in [4.69, 9.17) is 25.5 Å². The average Bonchev–Trinajstić information content (AvgIpc) is 3.22. The van der Waals surface area contributed by atoms with Crippen LogP contribution in [0.5, 0.6) is 11.5 Å². The maximum atomic E-state index is 13.2. The number of alkyl halides is 2. The van der Waals surface area contributed by atoms with Crippen LogP contribution in [0.2, 0.25) is 5.02 Å². The topological polar surface area (TPSA) is 98.2 Å². The number of rotatable bonds is 6. The summed E-state index contributed by atoms with van der Waals surface area (Å²) in [4.78, 5) is 12.9. The molecule has 10 heteroatoms. The number of amides is 1. The maximum absolute atomic E-state index is 13.2. The maximum Gasteiger partial charge on any atom is 0.380 e. The number of aliphatic hydroxyl groups excluding tert-OH is 1. The summed E-state index contributed by atoms with van der Waals surface area (Å²) in [5, 5.41) is 11.0. The largest absolute Gasteiger partial charge is 0.486 e. The Balaban J connectivity index is 0.000000162. The van der Waals surface area contributed by atoms with Crippen LogP contribution in [-0.2, 0) is 10.7 Å². The highest BCUT2D eigenvalue weighted by Gasteiger charge is 2.42. The first-order valence-electron chi connectivity index (χ1n) is 10.9. The Bertz CT molecular complexity index is 1170. The summed E-state index contributed by atoms with van der Waals surface area (Å²) in [6, 6.07) is 11.2. The molecule has 182 valence electrons. The van der Waals surface area contributed by atoms with Crippen LogP contribution in [0.1, 0.15) is 30.3 Å². The van der Waals surface area contributed by atoms with Crippen molar-refractivity contribution in [3.05, 3.63) is 58.8 Å². The minimum Gasteiger partial charge on any atom is -0.486 e. The van der Waals surface area contributed by atoms with E-state index in [1.54, 1.807) is 0 Å². The summed E-state index contributed by atoms with van der Waals surface area (Å²) in [5.74, 6) is -4.82. The molecule has 1 aromatic heterocycles. The number of halogens is 3. The number of likely N-dealkylation sites (tertiary alicyclic amines) is 1. The van der Waals surface area contributed by atoms with E-state index in [0.717, 1.165) is 36.1 Å². The van der Waals surface area contributed by atoms with E-state index in [9.17, 15) is 18.7 Å². The van der Waals surface area contributed by atoms with Crippen molar-refractivity contribution in [2.75, 3.05) is 32.8 Å². The third-order valence-electron chi connectivity index (χ3n) is 5.72. The van der Waals surface area contributed by atoms with Gasteiger partial charge in [-0.1, -0.05) is 17.7 Å². The van der Waals surface area contributed by atoms with Crippen LogP contribution in [-0.4, -0.2) is 48.8 Å². The number of benzene rings is 2. The Morgan fingerprint density at radius 1 is 1.12 bits per heavy atom. The molecule has 0 spiro atoms. The summed E-state index contributed by atoms with van der Waals surface area (Å²) in [6.07, 6.45) is 1.65. The molecule has 34 heavy (non-hydrogen) atoms. The lowest BCUT2D eigenvalue weighted by atomic mass is 10.0. The van der Waals surface area contributed by atoms with Crippen LogP contribution in [0.4, 0.5) is 8.78 Å². The standard InChI is InChI=1S/C14H19NO3.C10H6ClF2NO2/c16-12(4-7-15-5-1-6-15)11-2-3-13-14(10-11)18-9-8-17-13;11-6-1-2-7-5(3-6)4-8(16-7)10(12,13)9(14)15/h2-3,10,12,16H,1,4-9H2;1-4H,(H2,14,15). The van der Waals surface area contributed by atoms with E-state index in [-0.39, 0.29) is 5.58 Å². The highest BCUT2D eigenvalue weighted by molar-refractivity contribution is 6.31. The number of carbonyl (C=O) groups excluding carboxylic acids is 1. The molecule has 5 rings (SSSR count).